The molecule has 2 aromatic carbocycles. The number of amides is 2. The molecule has 1 aliphatic rings. The van der Waals surface area contributed by atoms with Gasteiger partial charge in [-0.15, -0.1) is 0 Å². The van der Waals surface area contributed by atoms with Crippen LogP contribution in [0.1, 0.15) is 22.3 Å². The summed E-state index contributed by atoms with van der Waals surface area (Å²) in [5, 5.41) is 9.68. The molecule has 0 bridgehead atoms. The van der Waals surface area contributed by atoms with Crippen LogP contribution in [0.15, 0.2) is 54.6 Å². The van der Waals surface area contributed by atoms with Gasteiger partial charge in [0.05, 0.1) is 0 Å². The summed E-state index contributed by atoms with van der Waals surface area (Å²) in [6.45, 7) is 1.65. The van der Waals surface area contributed by atoms with Crippen molar-refractivity contribution >= 4 is 23.4 Å². The largest absolute Gasteiger partial charge is 0.350 e. The van der Waals surface area contributed by atoms with Crippen molar-refractivity contribution in [3.05, 3.63) is 70.7 Å². The number of carbonyl (C=O) groups is 2. The molecule has 1 fully saturated rings. The lowest BCUT2D eigenvalue weighted by atomic mass is 10.0. The van der Waals surface area contributed by atoms with Crippen LogP contribution < -0.4 is 16.0 Å². The molecule has 2 aromatic rings. The Hall–Kier alpha value is -2.37. The van der Waals surface area contributed by atoms with E-state index in [1.54, 1.807) is 24.3 Å². The standard InChI is InChI=1S/C20H22ClN3O2/c21-16-8-6-15(7-9-16)19(25)24-18(12-14-4-2-1-3-5-14)20(26)23-17-10-11-22-13-17/h1-9,17-18,22H,10-13H2,(H,23,26)(H,24,25). The maximum absolute atomic E-state index is 12.7. The third-order valence-electron chi connectivity index (χ3n) is 4.42. The molecule has 6 heteroatoms. The quantitative estimate of drug-likeness (QED) is 0.728. The zero-order valence-corrected chi connectivity index (χ0v) is 15.1. The molecule has 26 heavy (non-hydrogen) atoms. The Labute approximate surface area is 158 Å². The van der Waals surface area contributed by atoms with Gasteiger partial charge in [0.2, 0.25) is 5.91 Å². The van der Waals surface area contributed by atoms with E-state index in [0.29, 0.717) is 17.0 Å². The predicted molar refractivity (Wildman–Crippen MR) is 102 cm³/mol. The van der Waals surface area contributed by atoms with E-state index in [2.05, 4.69) is 16.0 Å². The first-order valence-corrected chi connectivity index (χ1v) is 9.11. The number of hydrogen-bond donors (Lipinski definition) is 3. The van der Waals surface area contributed by atoms with Gasteiger partial charge in [0.15, 0.2) is 0 Å². The molecule has 3 N–H and O–H groups in total. The molecule has 3 rings (SSSR count). The van der Waals surface area contributed by atoms with E-state index >= 15 is 0 Å². The van der Waals surface area contributed by atoms with Gasteiger partial charge in [0, 0.05) is 29.6 Å². The number of benzene rings is 2. The maximum atomic E-state index is 12.7. The van der Waals surface area contributed by atoms with Crippen LogP contribution >= 0.6 is 11.6 Å². The van der Waals surface area contributed by atoms with E-state index < -0.39 is 6.04 Å². The highest BCUT2D eigenvalue weighted by Crippen LogP contribution is 2.11. The van der Waals surface area contributed by atoms with Crippen molar-refractivity contribution < 1.29 is 9.59 Å². The number of carbonyl (C=O) groups excluding carboxylic acids is 2. The highest BCUT2D eigenvalue weighted by atomic mass is 35.5. The fourth-order valence-electron chi connectivity index (χ4n) is 2.98. The molecule has 2 amide bonds. The fraction of sp³-hybridized carbons (Fsp3) is 0.300. The molecule has 0 radical (unpaired) electrons. The summed E-state index contributed by atoms with van der Waals surface area (Å²) >= 11 is 5.87. The Bertz CT molecular complexity index is 743. The van der Waals surface area contributed by atoms with E-state index in [9.17, 15) is 9.59 Å². The first-order chi connectivity index (χ1) is 12.6. The Morgan fingerprint density at radius 2 is 1.85 bits per heavy atom. The Morgan fingerprint density at radius 3 is 2.50 bits per heavy atom. The van der Waals surface area contributed by atoms with Gasteiger partial charge in [-0.25, -0.2) is 0 Å². The molecular formula is C20H22ClN3O2. The Balaban J connectivity index is 1.71. The van der Waals surface area contributed by atoms with Gasteiger partial charge >= 0.3 is 0 Å². The average molecular weight is 372 g/mol. The molecule has 2 unspecified atom stereocenters. The first kappa shape index (κ1) is 18.4. The van der Waals surface area contributed by atoms with Crippen molar-refractivity contribution in [1.82, 2.24) is 16.0 Å². The van der Waals surface area contributed by atoms with Crippen molar-refractivity contribution in [3.63, 3.8) is 0 Å². The maximum Gasteiger partial charge on any atom is 0.251 e. The summed E-state index contributed by atoms with van der Waals surface area (Å²) in [6.07, 6.45) is 1.33. The zero-order valence-electron chi connectivity index (χ0n) is 14.4. The molecule has 1 aliphatic heterocycles. The van der Waals surface area contributed by atoms with E-state index in [0.717, 1.165) is 25.1 Å². The van der Waals surface area contributed by atoms with Crippen LogP contribution in [0.25, 0.3) is 0 Å². The highest BCUT2D eigenvalue weighted by molar-refractivity contribution is 6.30. The van der Waals surface area contributed by atoms with Crippen LogP contribution in [-0.4, -0.2) is 37.0 Å². The summed E-state index contributed by atoms with van der Waals surface area (Å²) in [6, 6.07) is 15.8. The van der Waals surface area contributed by atoms with Crippen LogP contribution in [0.5, 0.6) is 0 Å². The number of halogens is 1. The lowest BCUT2D eigenvalue weighted by molar-refractivity contribution is -0.123. The second-order valence-electron chi connectivity index (χ2n) is 6.42. The van der Waals surface area contributed by atoms with Crippen molar-refractivity contribution in [2.24, 2.45) is 0 Å². The molecule has 0 aromatic heterocycles. The normalized spacial score (nSPS) is 17.5. The lowest BCUT2D eigenvalue weighted by Crippen LogP contribution is -2.51. The molecule has 0 saturated carbocycles. The molecular weight excluding hydrogens is 350 g/mol. The van der Waals surface area contributed by atoms with Crippen LogP contribution in [0.2, 0.25) is 5.02 Å². The molecule has 0 spiro atoms. The molecule has 5 nitrogen and oxygen atoms in total. The number of rotatable bonds is 6. The minimum atomic E-state index is -0.638. The molecule has 2 atom stereocenters. The minimum Gasteiger partial charge on any atom is -0.350 e. The molecule has 136 valence electrons. The molecule has 1 saturated heterocycles. The lowest BCUT2D eigenvalue weighted by Gasteiger charge is -2.21. The average Bonchev–Trinajstić information content (AvgIpc) is 3.15. The van der Waals surface area contributed by atoms with E-state index in [-0.39, 0.29) is 17.9 Å². The Morgan fingerprint density at radius 1 is 1.12 bits per heavy atom. The van der Waals surface area contributed by atoms with Gasteiger partial charge in [-0.3, -0.25) is 9.59 Å². The van der Waals surface area contributed by atoms with Crippen molar-refractivity contribution in [2.45, 2.75) is 24.9 Å². The summed E-state index contributed by atoms with van der Waals surface area (Å²) < 4.78 is 0. The zero-order chi connectivity index (χ0) is 18.4. The third kappa shape index (κ3) is 5.07. The second kappa shape index (κ2) is 8.83. The van der Waals surface area contributed by atoms with Gasteiger partial charge < -0.3 is 16.0 Å². The van der Waals surface area contributed by atoms with Gasteiger partial charge in [-0.1, -0.05) is 41.9 Å². The van der Waals surface area contributed by atoms with Crippen molar-refractivity contribution in [1.29, 1.82) is 0 Å². The summed E-state index contributed by atoms with van der Waals surface area (Å²) in [7, 11) is 0. The van der Waals surface area contributed by atoms with Crippen molar-refractivity contribution in [3.8, 4) is 0 Å². The van der Waals surface area contributed by atoms with Crippen LogP contribution in [0.4, 0.5) is 0 Å². The summed E-state index contributed by atoms with van der Waals surface area (Å²) in [4.78, 5) is 25.3. The summed E-state index contributed by atoms with van der Waals surface area (Å²) in [5.74, 6) is -0.452. The number of hydrogen-bond acceptors (Lipinski definition) is 3. The van der Waals surface area contributed by atoms with Crippen LogP contribution in [0.3, 0.4) is 0 Å². The van der Waals surface area contributed by atoms with E-state index in [1.165, 1.54) is 0 Å². The van der Waals surface area contributed by atoms with Crippen LogP contribution in [-0.2, 0) is 11.2 Å². The van der Waals surface area contributed by atoms with Crippen molar-refractivity contribution in [2.75, 3.05) is 13.1 Å². The van der Waals surface area contributed by atoms with Gasteiger partial charge in [-0.05, 0) is 42.8 Å². The molecule has 0 aliphatic carbocycles. The second-order valence-corrected chi connectivity index (χ2v) is 6.86. The van der Waals surface area contributed by atoms with Gasteiger partial charge in [0.1, 0.15) is 6.04 Å². The number of nitrogens with one attached hydrogen (secondary N) is 3. The van der Waals surface area contributed by atoms with Gasteiger partial charge in [-0.2, -0.15) is 0 Å². The third-order valence-corrected chi connectivity index (χ3v) is 4.67. The predicted octanol–water partition coefficient (Wildman–Crippen LogP) is 2.16. The van der Waals surface area contributed by atoms with Gasteiger partial charge in [0.25, 0.3) is 5.91 Å². The van der Waals surface area contributed by atoms with E-state index in [4.69, 9.17) is 11.6 Å². The van der Waals surface area contributed by atoms with Crippen LogP contribution in [0, 0.1) is 0 Å². The SMILES string of the molecule is O=C(NC(Cc1ccccc1)C(=O)NC1CCNC1)c1ccc(Cl)cc1. The smallest absolute Gasteiger partial charge is 0.251 e. The Kier molecular flexibility index (Phi) is 6.26. The topological polar surface area (TPSA) is 70.2 Å². The summed E-state index contributed by atoms with van der Waals surface area (Å²) in [5.41, 5.74) is 1.47. The monoisotopic (exact) mass is 371 g/mol. The fourth-order valence-corrected chi connectivity index (χ4v) is 3.11. The molecule has 1 heterocycles. The minimum absolute atomic E-state index is 0.105. The highest BCUT2D eigenvalue weighted by Gasteiger charge is 2.25. The first-order valence-electron chi connectivity index (χ1n) is 8.73. The van der Waals surface area contributed by atoms with E-state index in [1.807, 2.05) is 30.3 Å².